The summed E-state index contributed by atoms with van der Waals surface area (Å²) in [5, 5.41) is 0.886. The molecule has 0 aliphatic rings. The average Bonchev–Trinajstić information content (AvgIpc) is 2.53. The van der Waals surface area contributed by atoms with Gasteiger partial charge in [0, 0.05) is 0 Å². The average molecular weight is 417 g/mol. The number of hydrogen-bond acceptors (Lipinski definition) is 2. The van der Waals surface area contributed by atoms with Crippen LogP contribution in [0.1, 0.15) is 34.1 Å². The fourth-order valence-electron chi connectivity index (χ4n) is 3.07. The van der Waals surface area contributed by atoms with E-state index in [4.69, 9.17) is 4.52 Å². The standard InChI is InChI=1S/C11H16O2P.3C2H5.Sn/c1-3-10-14(12,13-4-2)11-8-6-5-7-9-11;3*1-2;/h5-9H,1,3-4,10H2,2H3;3*1H2,2H3;. The van der Waals surface area contributed by atoms with Gasteiger partial charge >= 0.3 is 135 Å². The molecule has 0 amide bonds. The fraction of sp³-hybridized carbons (Fsp3) is 0.647. The van der Waals surface area contributed by atoms with Gasteiger partial charge in [-0.1, -0.05) is 0 Å². The second-order valence-corrected chi connectivity index (χ2v) is 24.4. The summed E-state index contributed by atoms with van der Waals surface area (Å²) in [5.74, 6) is 0. The molecule has 0 saturated heterocycles. The van der Waals surface area contributed by atoms with Gasteiger partial charge in [-0.25, -0.2) is 0 Å². The molecule has 1 aromatic carbocycles. The molecule has 1 rings (SSSR count). The van der Waals surface area contributed by atoms with Crippen LogP contribution in [0.15, 0.2) is 30.3 Å². The monoisotopic (exact) mass is 418 g/mol. The van der Waals surface area contributed by atoms with E-state index >= 15 is 0 Å². The molecular weight excluding hydrogens is 386 g/mol. The summed E-state index contributed by atoms with van der Waals surface area (Å²) in [4.78, 5) is 0. The Hall–Kier alpha value is 0.209. The Morgan fingerprint density at radius 2 is 1.57 bits per heavy atom. The quantitative estimate of drug-likeness (QED) is 0.370. The Kier molecular flexibility index (Phi) is 8.59. The molecule has 21 heavy (non-hydrogen) atoms. The number of hydrogen-bond donors (Lipinski definition) is 0. The minimum atomic E-state index is -2.66. The molecule has 0 aromatic heterocycles. The molecule has 120 valence electrons. The van der Waals surface area contributed by atoms with Gasteiger partial charge in [0.25, 0.3) is 0 Å². The van der Waals surface area contributed by atoms with Gasteiger partial charge in [0.05, 0.1) is 0 Å². The summed E-state index contributed by atoms with van der Waals surface area (Å²) in [6.45, 7) is 9.55. The summed E-state index contributed by atoms with van der Waals surface area (Å²) in [5.41, 5.74) is 0. The van der Waals surface area contributed by atoms with E-state index in [9.17, 15) is 4.57 Å². The molecule has 0 heterocycles. The maximum absolute atomic E-state index is 13.2. The summed E-state index contributed by atoms with van der Waals surface area (Å²) in [7, 11) is -2.66. The Balaban J connectivity index is 2.75. The van der Waals surface area contributed by atoms with Gasteiger partial charge in [-0.2, -0.15) is 0 Å². The van der Waals surface area contributed by atoms with Crippen molar-refractivity contribution in [3.8, 4) is 0 Å². The van der Waals surface area contributed by atoms with Crippen LogP contribution < -0.4 is 5.30 Å². The third-order valence-electron chi connectivity index (χ3n) is 4.90. The van der Waals surface area contributed by atoms with Gasteiger partial charge in [0.1, 0.15) is 0 Å². The molecule has 0 aliphatic heterocycles. The first-order chi connectivity index (χ1) is 10.1. The maximum atomic E-state index is 13.2. The molecule has 2 nitrogen and oxygen atoms in total. The van der Waals surface area contributed by atoms with Gasteiger partial charge in [0.2, 0.25) is 0 Å². The zero-order chi connectivity index (χ0) is 15.8. The number of benzene rings is 1. The molecule has 0 aliphatic carbocycles. The van der Waals surface area contributed by atoms with Gasteiger partial charge in [-0.3, -0.25) is 0 Å². The van der Waals surface area contributed by atoms with Crippen LogP contribution in [0.2, 0.25) is 17.7 Å². The third-order valence-corrected chi connectivity index (χ3v) is 24.4. The Morgan fingerprint density at radius 1 is 1.00 bits per heavy atom. The van der Waals surface area contributed by atoms with Crippen LogP contribution in [0.25, 0.3) is 0 Å². The summed E-state index contributed by atoms with van der Waals surface area (Å²) in [6, 6.07) is 9.77. The Bertz CT molecular complexity index is 435. The van der Waals surface area contributed by atoms with Crippen LogP contribution in [-0.2, 0) is 9.09 Å². The van der Waals surface area contributed by atoms with Crippen molar-refractivity contribution < 1.29 is 9.09 Å². The van der Waals surface area contributed by atoms with Crippen LogP contribution in [-0.4, -0.2) is 31.1 Å². The minimum absolute atomic E-state index is 0.524. The molecule has 0 spiro atoms. The second kappa shape index (κ2) is 9.37. The van der Waals surface area contributed by atoms with E-state index in [0.29, 0.717) is 12.8 Å². The summed E-state index contributed by atoms with van der Waals surface area (Å²) in [6.07, 6.45) is 1.78. The Morgan fingerprint density at radius 3 is 2.05 bits per heavy atom. The summed E-state index contributed by atoms with van der Waals surface area (Å²) < 4.78 is 24.5. The molecule has 1 aromatic rings. The third kappa shape index (κ3) is 5.41. The van der Waals surface area contributed by atoms with E-state index in [0.717, 1.165) is 11.7 Å². The fourth-order valence-corrected chi connectivity index (χ4v) is 16.0. The molecular formula is C17H31O2PSn. The van der Waals surface area contributed by atoms with Crippen LogP contribution in [0.3, 0.4) is 0 Å². The summed E-state index contributed by atoms with van der Waals surface area (Å²) >= 11 is -1.90. The zero-order valence-electron chi connectivity index (χ0n) is 14.1. The topological polar surface area (TPSA) is 26.3 Å². The van der Waals surface area contributed by atoms with Crippen LogP contribution in [0, 0.1) is 0 Å². The van der Waals surface area contributed by atoms with Crippen molar-refractivity contribution in [3.63, 3.8) is 0 Å². The first-order valence-corrected chi connectivity index (χ1v) is 18.2. The van der Waals surface area contributed by atoms with Crippen LogP contribution in [0.5, 0.6) is 0 Å². The Labute approximate surface area is 135 Å². The van der Waals surface area contributed by atoms with Gasteiger partial charge < -0.3 is 0 Å². The van der Waals surface area contributed by atoms with E-state index in [2.05, 4.69) is 20.8 Å². The second-order valence-electron chi connectivity index (χ2n) is 5.81. The van der Waals surface area contributed by atoms with E-state index < -0.39 is 25.7 Å². The van der Waals surface area contributed by atoms with E-state index in [1.54, 1.807) is 0 Å². The van der Waals surface area contributed by atoms with E-state index in [1.807, 2.05) is 37.3 Å². The van der Waals surface area contributed by atoms with Gasteiger partial charge in [-0.15, -0.1) is 0 Å². The van der Waals surface area contributed by atoms with Crippen molar-refractivity contribution in [1.82, 2.24) is 0 Å². The number of rotatable bonds is 10. The SMILES string of the molecule is CCOP(=O)(CC[CH2][Sn]([CH2]C)([CH2]C)[CH2]C)c1ccccc1. The molecule has 4 heteroatoms. The van der Waals surface area contributed by atoms with Gasteiger partial charge in [0.15, 0.2) is 0 Å². The first kappa shape index (κ1) is 19.3. The zero-order valence-corrected chi connectivity index (χ0v) is 17.8. The van der Waals surface area contributed by atoms with E-state index in [-0.39, 0.29) is 0 Å². The van der Waals surface area contributed by atoms with Crippen molar-refractivity contribution in [2.45, 2.75) is 51.9 Å². The predicted octanol–water partition coefficient (Wildman–Crippen LogP) is 5.53. The molecule has 0 bridgehead atoms. The molecule has 0 N–H and O–H groups in total. The van der Waals surface area contributed by atoms with E-state index in [1.165, 1.54) is 17.7 Å². The van der Waals surface area contributed by atoms with Crippen molar-refractivity contribution in [2.75, 3.05) is 12.8 Å². The molecule has 0 saturated carbocycles. The van der Waals surface area contributed by atoms with Gasteiger partial charge in [-0.05, 0) is 0 Å². The van der Waals surface area contributed by atoms with Crippen molar-refractivity contribution in [1.29, 1.82) is 0 Å². The molecule has 1 unspecified atom stereocenters. The van der Waals surface area contributed by atoms with Crippen LogP contribution >= 0.6 is 7.37 Å². The van der Waals surface area contributed by atoms with Crippen molar-refractivity contribution in [2.24, 2.45) is 0 Å². The normalized spacial score (nSPS) is 14.9. The predicted molar refractivity (Wildman–Crippen MR) is 96.8 cm³/mol. The van der Waals surface area contributed by atoms with Crippen LogP contribution in [0.4, 0.5) is 0 Å². The van der Waals surface area contributed by atoms with Crippen molar-refractivity contribution in [3.05, 3.63) is 30.3 Å². The molecule has 0 radical (unpaired) electrons. The molecule has 0 fully saturated rings. The van der Waals surface area contributed by atoms with Crippen molar-refractivity contribution >= 4 is 31.1 Å². The molecule has 1 atom stereocenters. The first-order valence-electron chi connectivity index (χ1n) is 8.35.